The van der Waals surface area contributed by atoms with E-state index in [9.17, 15) is 4.79 Å². The minimum absolute atomic E-state index is 0.288. The third kappa shape index (κ3) is 1.65. The molecule has 3 aliphatic rings. The van der Waals surface area contributed by atoms with Gasteiger partial charge in [-0.2, -0.15) is 0 Å². The molecule has 0 aromatic carbocycles. The first kappa shape index (κ1) is 9.97. The Morgan fingerprint density at radius 2 is 2.07 bits per heavy atom. The van der Waals surface area contributed by atoms with Crippen LogP contribution in [0, 0.1) is 11.3 Å². The second-order valence-corrected chi connectivity index (χ2v) is 5.59. The Balaban J connectivity index is 1.65. The van der Waals surface area contributed by atoms with E-state index in [1.807, 2.05) is 0 Å². The highest BCUT2D eigenvalue weighted by Gasteiger charge is 2.55. The molecule has 0 atom stereocenters. The Kier molecular flexibility index (Phi) is 2.11. The van der Waals surface area contributed by atoms with E-state index in [2.05, 4.69) is 0 Å². The molecule has 3 aliphatic carbocycles. The fourth-order valence-electron chi connectivity index (χ4n) is 2.51. The van der Waals surface area contributed by atoms with Crippen molar-refractivity contribution in [2.75, 3.05) is 6.61 Å². The van der Waals surface area contributed by atoms with Crippen LogP contribution < -0.4 is 5.73 Å². The number of esters is 1. The normalized spacial score (nSPS) is 34.4. The number of carbonyl (C=O) groups excluding carboxylic acids is 1. The van der Waals surface area contributed by atoms with E-state index in [4.69, 9.17) is 10.5 Å². The van der Waals surface area contributed by atoms with Gasteiger partial charge in [-0.05, 0) is 50.9 Å². The Hall–Kier alpha value is -0.570. The average Bonchev–Trinajstić information content (AvgIpc) is 1.89. The van der Waals surface area contributed by atoms with Crippen molar-refractivity contribution in [2.24, 2.45) is 17.1 Å². The van der Waals surface area contributed by atoms with E-state index in [1.165, 1.54) is 19.3 Å². The third-order valence-electron chi connectivity index (χ3n) is 3.56. The fraction of sp³-hybridized carbons (Fsp3) is 0.909. The first-order valence-electron chi connectivity index (χ1n) is 5.37. The summed E-state index contributed by atoms with van der Waals surface area (Å²) >= 11 is 0. The van der Waals surface area contributed by atoms with Gasteiger partial charge in [0.1, 0.15) is 5.54 Å². The van der Waals surface area contributed by atoms with Crippen LogP contribution >= 0.6 is 0 Å². The maximum absolute atomic E-state index is 11.3. The van der Waals surface area contributed by atoms with Crippen molar-refractivity contribution in [3.05, 3.63) is 0 Å². The van der Waals surface area contributed by atoms with Crippen molar-refractivity contribution in [3.8, 4) is 0 Å². The number of rotatable bonds is 4. The summed E-state index contributed by atoms with van der Waals surface area (Å²) in [7, 11) is 0. The molecule has 3 heteroatoms. The maximum Gasteiger partial charge on any atom is 0.325 e. The van der Waals surface area contributed by atoms with Gasteiger partial charge in [-0.3, -0.25) is 4.79 Å². The lowest BCUT2D eigenvalue weighted by atomic mass is 9.43. The molecule has 0 aromatic heterocycles. The third-order valence-corrected chi connectivity index (χ3v) is 3.56. The van der Waals surface area contributed by atoms with Crippen molar-refractivity contribution in [2.45, 2.75) is 45.1 Å². The van der Waals surface area contributed by atoms with Crippen LogP contribution in [0.25, 0.3) is 0 Å². The van der Waals surface area contributed by atoms with E-state index in [0.29, 0.717) is 12.0 Å². The molecule has 0 unspecified atom stereocenters. The summed E-state index contributed by atoms with van der Waals surface area (Å²) in [4.78, 5) is 11.3. The summed E-state index contributed by atoms with van der Waals surface area (Å²) < 4.78 is 5.14. The highest BCUT2D eigenvalue weighted by molar-refractivity contribution is 5.79. The Morgan fingerprint density at radius 1 is 1.50 bits per heavy atom. The Morgan fingerprint density at radius 3 is 2.43 bits per heavy atom. The van der Waals surface area contributed by atoms with Gasteiger partial charge < -0.3 is 10.5 Å². The second-order valence-electron chi connectivity index (χ2n) is 5.59. The number of nitrogens with two attached hydrogens (primary N) is 1. The molecule has 0 aromatic rings. The predicted molar refractivity (Wildman–Crippen MR) is 53.6 cm³/mol. The van der Waals surface area contributed by atoms with Gasteiger partial charge in [-0.1, -0.05) is 0 Å². The Bertz CT molecular complexity index is 237. The Labute approximate surface area is 85.0 Å². The standard InChI is InChI=1S/C11H19NO2/c1-10(2,12)9(13)14-4-3-11-5-8(6-11)7-11/h8H,3-7,12H2,1-2H3. The van der Waals surface area contributed by atoms with E-state index in [0.717, 1.165) is 12.3 Å². The molecular formula is C11H19NO2. The van der Waals surface area contributed by atoms with Gasteiger partial charge in [0.15, 0.2) is 0 Å². The number of hydrogen-bond acceptors (Lipinski definition) is 3. The van der Waals surface area contributed by atoms with Crippen LogP contribution in [0.2, 0.25) is 0 Å². The minimum atomic E-state index is -0.848. The summed E-state index contributed by atoms with van der Waals surface area (Å²) in [5.74, 6) is 0.709. The molecule has 0 amide bonds. The lowest BCUT2D eigenvalue weighted by molar-refractivity contribution is -0.156. The fourth-order valence-corrected chi connectivity index (χ4v) is 2.51. The summed E-state index contributed by atoms with van der Waals surface area (Å²) in [6.07, 6.45) is 5.11. The van der Waals surface area contributed by atoms with Crippen molar-refractivity contribution in [3.63, 3.8) is 0 Å². The monoisotopic (exact) mass is 197 g/mol. The molecule has 0 radical (unpaired) electrons. The topological polar surface area (TPSA) is 52.3 Å². The van der Waals surface area contributed by atoms with Crippen molar-refractivity contribution < 1.29 is 9.53 Å². The lowest BCUT2D eigenvalue weighted by Gasteiger charge is -2.62. The van der Waals surface area contributed by atoms with Crippen LogP contribution in [0.1, 0.15) is 39.5 Å². The molecule has 80 valence electrons. The van der Waals surface area contributed by atoms with Crippen LogP contribution in [0.5, 0.6) is 0 Å². The summed E-state index contributed by atoms with van der Waals surface area (Å²) in [6.45, 7) is 3.90. The molecule has 14 heavy (non-hydrogen) atoms. The zero-order valence-electron chi connectivity index (χ0n) is 9.01. The van der Waals surface area contributed by atoms with Gasteiger partial charge in [0.2, 0.25) is 0 Å². The predicted octanol–water partition coefficient (Wildman–Crippen LogP) is 1.46. The summed E-state index contributed by atoms with van der Waals surface area (Å²) in [5.41, 5.74) is 5.32. The minimum Gasteiger partial charge on any atom is -0.464 e. The van der Waals surface area contributed by atoms with Crippen molar-refractivity contribution >= 4 is 5.97 Å². The average molecular weight is 197 g/mol. The van der Waals surface area contributed by atoms with Crippen LogP contribution in [-0.4, -0.2) is 18.1 Å². The van der Waals surface area contributed by atoms with Crippen LogP contribution in [-0.2, 0) is 9.53 Å². The number of ether oxygens (including phenoxy) is 1. The molecule has 0 aliphatic heterocycles. The molecule has 0 saturated heterocycles. The molecule has 3 saturated carbocycles. The molecule has 0 spiro atoms. The van der Waals surface area contributed by atoms with E-state index >= 15 is 0 Å². The van der Waals surface area contributed by atoms with Crippen molar-refractivity contribution in [1.29, 1.82) is 0 Å². The lowest BCUT2D eigenvalue weighted by Crippen LogP contribution is -2.52. The van der Waals surface area contributed by atoms with Gasteiger partial charge in [-0.15, -0.1) is 0 Å². The maximum atomic E-state index is 11.3. The molecule has 2 N–H and O–H groups in total. The van der Waals surface area contributed by atoms with Crippen molar-refractivity contribution in [1.82, 2.24) is 0 Å². The zero-order chi connectivity index (χ0) is 10.4. The molecule has 3 nitrogen and oxygen atoms in total. The van der Waals surface area contributed by atoms with E-state index in [1.54, 1.807) is 13.8 Å². The molecule has 2 bridgehead atoms. The largest absolute Gasteiger partial charge is 0.464 e. The zero-order valence-corrected chi connectivity index (χ0v) is 9.01. The summed E-state index contributed by atoms with van der Waals surface area (Å²) in [5, 5.41) is 0. The van der Waals surface area contributed by atoms with Gasteiger partial charge >= 0.3 is 5.97 Å². The highest BCUT2D eigenvalue weighted by atomic mass is 16.5. The number of hydrogen-bond donors (Lipinski definition) is 1. The van der Waals surface area contributed by atoms with Gasteiger partial charge in [0.05, 0.1) is 6.61 Å². The first-order valence-corrected chi connectivity index (χ1v) is 5.37. The van der Waals surface area contributed by atoms with Gasteiger partial charge in [0, 0.05) is 0 Å². The number of carbonyl (C=O) groups is 1. The molecular weight excluding hydrogens is 178 g/mol. The molecule has 3 rings (SSSR count). The summed E-state index contributed by atoms with van der Waals surface area (Å²) in [6, 6.07) is 0. The van der Waals surface area contributed by atoms with Gasteiger partial charge in [0.25, 0.3) is 0 Å². The van der Waals surface area contributed by atoms with E-state index in [-0.39, 0.29) is 5.97 Å². The molecule has 3 fully saturated rings. The van der Waals surface area contributed by atoms with Crippen LogP contribution in [0.4, 0.5) is 0 Å². The van der Waals surface area contributed by atoms with Crippen LogP contribution in [0.3, 0.4) is 0 Å². The van der Waals surface area contributed by atoms with Gasteiger partial charge in [-0.25, -0.2) is 0 Å². The van der Waals surface area contributed by atoms with E-state index < -0.39 is 5.54 Å². The second kappa shape index (κ2) is 2.96. The first-order chi connectivity index (χ1) is 6.41. The highest BCUT2D eigenvalue weighted by Crippen LogP contribution is 2.66. The molecule has 0 heterocycles. The smallest absolute Gasteiger partial charge is 0.325 e. The SMILES string of the molecule is CC(C)(N)C(=O)OCCC12CC(C1)C2. The van der Waals surface area contributed by atoms with Crippen LogP contribution in [0.15, 0.2) is 0 Å². The quantitative estimate of drug-likeness (QED) is 0.694.